The van der Waals surface area contributed by atoms with E-state index in [4.69, 9.17) is 5.73 Å². The summed E-state index contributed by atoms with van der Waals surface area (Å²) in [6.07, 6.45) is 3.94. The third-order valence-corrected chi connectivity index (χ3v) is 3.35. The average Bonchev–Trinajstić information content (AvgIpc) is 2.78. The van der Waals surface area contributed by atoms with Crippen LogP contribution in [-0.2, 0) is 0 Å². The third-order valence-electron chi connectivity index (χ3n) is 3.35. The number of carbonyl (C=O) groups excluding carboxylic acids is 1. The highest BCUT2D eigenvalue weighted by Crippen LogP contribution is 2.24. The van der Waals surface area contributed by atoms with E-state index in [0.29, 0.717) is 23.3 Å². The lowest BCUT2D eigenvalue weighted by Gasteiger charge is -2.17. The van der Waals surface area contributed by atoms with E-state index < -0.39 is 0 Å². The molecule has 2 N–H and O–H groups in total. The van der Waals surface area contributed by atoms with E-state index in [0.717, 1.165) is 19.5 Å². The lowest BCUT2D eigenvalue weighted by molar-refractivity contribution is 0.0778. The number of nitrogens with two attached hydrogens (primary N) is 1. The van der Waals surface area contributed by atoms with Crippen molar-refractivity contribution in [3.05, 3.63) is 18.1 Å². The van der Waals surface area contributed by atoms with Crippen LogP contribution in [0.1, 0.15) is 30.8 Å². The molecule has 1 atom stereocenters. The quantitative estimate of drug-likeness (QED) is 0.834. The molecule has 1 saturated heterocycles. The molecule has 5 heteroatoms. The fourth-order valence-electron chi connectivity index (χ4n) is 2.13. The molecule has 0 aromatic carbocycles. The zero-order chi connectivity index (χ0) is 12.4. The third kappa shape index (κ3) is 2.54. The Morgan fingerprint density at radius 1 is 1.47 bits per heavy atom. The van der Waals surface area contributed by atoms with Gasteiger partial charge in [-0.1, -0.05) is 13.8 Å². The van der Waals surface area contributed by atoms with Crippen LogP contribution < -0.4 is 5.73 Å². The van der Waals surface area contributed by atoms with Crippen molar-refractivity contribution < 1.29 is 4.79 Å². The van der Waals surface area contributed by atoms with Crippen molar-refractivity contribution in [2.45, 2.75) is 20.3 Å². The number of carbonyl (C=O) groups is 1. The van der Waals surface area contributed by atoms with Crippen LogP contribution in [0.3, 0.4) is 0 Å². The first-order chi connectivity index (χ1) is 8.08. The van der Waals surface area contributed by atoms with Gasteiger partial charge >= 0.3 is 0 Å². The Morgan fingerprint density at radius 3 is 2.76 bits per heavy atom. The van der Waals surface area contributed by atoms with Crippen LogP contribution in [0.4, 0.5) is 5.82 Å². The van der Waals surface area contributed by atoms with E-state index in [-0.39, 0.29) is 5.91 Å². The van der Waals surface area contributed by atoms with Gasteiger partial charge in [0, 0.05) is 13.1 Å². The maximum atomic E-state index is 12.1. The Labute approximate surface area is 101 Å². The van der Waals surface area contributed by atoms with E-state index in [1.54, 1.807) is 0 Å². The number of anilines is 1. The van der Waals surface area contributed by atoms with Crippen LogP contribution in [0.2, 0.25) is 0 Å². The lowest BCUT2D eigenvalue weighted by Crippen LogP contribution is -2.30. The van der Waals surface area contributed by atoms with Gasteiger partial charge in [-0.2, -0.15) is 0 Å². The Bertz CT molecular complexity index is 401. The number of likely N-dealkylation sites (tertiary alicyclic amines) is 1. The summed E-state index contributed by atoms with van der Waals surface area (Å²) in [4.78, 5) is 21.9. The van der Waals surface area contributed by atoms with E-state index in [2.05, 4.69) is 23.8 Å². The molecule has 5 nitrogen and oxygen atoms in total. The topological polar surface area (TPSA) is 72.1 Å². The molecule has 1 aromatic rings. The molecule has 1 unspecified atom stereocenters. The molecular formula is C12H18N4O. The van der Waals surface area contributed by atoms with Gasteiger partial charge in [0.25, 0.3) is 5.91 Å². The Balaban J connectivity index is 2.04. The van der Waals surface area contributed by atoms with Gasteiger partial charge in [0.1, 0.15) is 11.5 Å². The van der Waals surface area contributed by atoms with Crippen LogP contribution in [0, 0.1) is 11.8 Å². The van der Waals surface area contributed by atoms with E-state index in [9.17, 15) is 4.79 Å². The van der Waals surface area contributed by atoms with E-state index >= 15 is 0 Å². The van der Waals surface area contributed by atoms with Gasteiger partial charge in [0.2, 0.25) is 0 Å². The highest BCUT2D eigenvalue weighted by molar-refractivity contribution is 5.92. The van der Waals surface area contributed by atoms with Gasteiger partial charge in [-0.05, 0) is 18.3 Å². The molecule has 0 saturated carbocycles. The van der Waals surface area contributed by atoms with Crippen LogP contribution >= 0.6 is 0 Å². The summed E-state index contributed by atoms with van der Waals surface area (Å²) in [5, 5.41) is 0. The number of nitrogen functional groups attached to an aromatic ring is 1. The minimum Gasteiger partial charge on any atom is -0.382 e. The molecule has 1 amide bonds. The van der Waals surface area contributed by atoms with Gasteiger partial charge in [-0.3, -0.25) is 4.79 Å². The molecule has 0 spiro atoms. The second-order valence-electron chi connectivity index (χ2n) is 4.87. The molecule has 1 aromatic heterocycles. The molecule has 1 aliphatic heterocycles. The zero-order valence-corrected chi connectivity index (χ0v) is 10.3. The van der Waals surface area contributed by atoms with Crippen molar-refractivity contribution in [3.63, 3.8) is 0 Å². The second-order valence-corrected chi connectivity index (χ2v) is 4.87. The largest absolute Gasteiger partial charge is 0.382 e. The summed E-state index contributed by atoms with van der Waals surface area (Å²) in [6, 6.07) is 0. The molecule has 17 heavy (non-hydrogen) atoms. The summed E-state index contributed by atoms with van der Waals surface area (Å²) in [5.74, 6) is 1.51. The minimum absolute atomic E-state index is 0.0411. The molecule has 0 aliphatic carbocycles. The normalized spacial score (nSPS) is 19.9. The molecule has 0 radical (unpaired) electrons. The van der Waals surface area contributed by atoms with Gasteiger partial charge < -0.3 is 10.6 Å². The molecule has 2 rings (SSSR count). The Morgan fingerprint density at radius 2 is 2.24 bits per heavy atom. The lowest BCUT2D eigenvalue weighted by atomic mass is 9.95. The van der Waals surface area contributed by atoms with Crippen molar-refractivity contribution in [3.8, 4) is 0 Å². The number of nitrogens with zero attached hydrogens (tertiary/aromatic N) is 3. The summed E-state index contributed by atoms with van der Waals surface area (Å²) in [7, 11) is 0. The van der Waals surface area contributed by atoms with E-state index in [1.165, 1.54) is 12.4 Å². The van der Waals surface area contributed by atoms with Gasteiger partial charge in [-0.25, -0.2) is 9.97 Å². The second kappa shape index (κ2) is 4.69. The first-order valence-electron chi connectivity index (χ1n) is 5.94. The predicted molar refractivity (Wildman–Crippen MR) is 65.3 cm³/mol. The summed E-state index contributed by atoms with van der Waals surface area (Å²) in [5.41, 5.74) is 5.82. The standard InChI is InChI=1S/C12H18N4O/c1-8(2)9-3-4-16(7-9)12(17)10-5-15-11(13)6-14-10/h5-6,8-9H,3-4,7H2,1-2H3,(H2,13,15). The van der Waals surface area contributed by atoms with Crippen molar-refractivity contribution in [2.24, 2.45) is 11.8 Å². The summed E-state index contributed by atoms with van der Waals surface area (Å²) >= 11 is 0. The maximum absolute atomic E-state index is 12.1. The monoisotopic (exact) mass is 234 g/mol. The van der Waals surface area contributed by atoms with Crippen LogP contribution in [-0.4, -0.2) is 33.9 Å². The fraction of sp³-hybridized carbons (Fsp3) is 0.583. The first kappa shape index (κ1) is 11.8. The molecular weight excluding hydrogens is 216 g/mol. The number of hydrogen-bond donors (Lipinski definition) is 1. The number of rotatable bonds is 2. The number of hydrogen-bond acceptors (Lipinski definition) is 4. The van der Waals surface area contributed by atoms with Gasteiger partial charge in [-0.15, -0.1) is 0 Å². The van der Waals surface area contributed by atoms with Gasteiger partial charge in [0.15, 0.2) is 0 Å². The van der Waals surface area contributed by atoms with Crippen molar-refractivity contribution in [1.82, 2.24) is 14.9 Å². The summed E-state index contributed by atoms with van der Waals surface area (Å²) in [6.45, 7) is 6.03. The van der Waals surface area contributed by atoms with Crippen molar-refractivity contribution >= 4 is 11.7 Å². The number of aromatic nitrogens is 2. The smallest absolute Gasteiger partial charge is 0.274 e. The highest BCUT2D eigenvalue weighted by Gasteiger charge is 2.29. The van der Waals surface area contributed by atoms with Crippen molar-refractivity contribution in [1.29, 1.82) is 0 Å². The number of amides is 1. The van der Waals surface area contributed by atoms with Gasteiger partial charge in [0.05, 0.1) is 12.4 Å². The van der Waals surface area contributed by atoms with Crippen LogP contribution in [0.15, 0.2) is 12.4 Å². The molecule has 1 fully saturated rings. The van der Waals surface area contributed by atoms with Crippen LogP contribution in [0.5, 0.6) is 0 Å². The van der Waals surface area contributed by atoms with Crippen LogP contribution in [0.25, 0.3) is 0 Å². The molecule has 1 aliphatic rings. The molecule has 2 heterocycles. The molecule has 92 valence electrons. The SMILES string of the molecule is CC(C)C1CCN(C(=O)c2cnc(N)cn2)C1. The Hall–Kier alpha value is -1.65. The zero-order valence-electron chi connectivity index (χ0n) is 10.3. The average molecular weight is 234 g/mol. The Kier molecular flexibility index (Phi) is 3.26. The predicted octanol–water partition coefficient (Wildman–Crippen LogP) is 1.18. The van der Waals surface area contributed by atoms with E-state index in [1.807, 2.05) is 4.90 Å². The minimum atomic E-state index is -0.0411. The molecule has 0 bridgehead atoms. The first-order valence-corrected chi connectivity index (χ1v) is 5.94. The highest BCUT2D eigenvalue weighted by atomic mass is 16.2. The van der Waals surface area contributed by atoms with Crippen molar-refractivity contribution in [2.75, 3.05) is 18.8 Å². The maximum Gasteiger partial charge on any atom is 0.274 e. The fourth-order valence-corrected chi connectivity index (χ4v) is 2.13. The summed E-state index contributed by atoms with van der Waals surface area (Å²) < 4.78 is 0.